The van der Waals surface area contributed by atoms with Crippen LogP contribution in [0.15, 0.2) is 65.5 Å². The highest BCUT2D eigenvalue weighted by molar-refractivity contribution is 6.02. The molecular weight excluding hydrogens is 366 g/mol. The topological polar surface area (TPSA) is 75.7 Å². The summed E-state index contributed by atoms with van der Waals surface area (Å²) in [6.07, 6.45) is 7.67. The fourth-order valence-electron chi connectivity index (χ4n) is 3.82. The minimum absolute atomic E-state index is 0.169. The van der Waals surface area contributed by atoms with Crippen molar-refractivity contribution in [3.8, 4) is 11.5 Å². The summed E-state index contributed by atoms with van der Waals surface area (Å²) in [5.74, 6) is 0.254. The molecule has 0 spiro atoms. The van der Waals surface area contributed by atoms with Gasteiger partial charge in [0.1, 0.15) is 5.65 Å². The van der Waals surface area contributed by atoms with Crippen LogP contribution in [-0.4, -0.2) is 38.8 Å². The van der Waals surface area contributed by atoms with Gasteiger partial charge >= 0.3 is 0 Å². The molecule has 1 atom stereocenters. The van der Waals surface area contributed by atoms with E-state index in [0.717, 1.165) is 29.9 Å². The van der Waals surface area contributed by atoms with Gasteiger partial charge in [-0.3, -0.25) is 9.69 Å². The second kappa shape index (κ2) is 7.18. The Balaban J connectivity index is 1.35. The molecule has 3 aromatic heterocycles. The molecule has 146 valence electrons. The van der Waals surface area contributed by atoms with E-state index in [1.54, 1.807) is 0 Å². The molecule has 0 radical (unpaired) electrons. The summed E-state index contributed by atoms with van der Waals surface area (Å²) in [6.45, 7) is 1.10. The van der Waals surface area contributed by atoms with E-state index < -0.39 is 0 Å². The molecule has 4 aromatic rings. The van der Waals surface area contributed by atoms with Gasteiger partial charge in [-0.2, -0.15) is 0 Å². The van der Waals surface area contributed by atoms with Crippen molar-refractivity contribution in [3.63, 3.8) is 0 Å². The summed E-state index contributed by atoms with van der Waals surface area (Å²) in [5.41, 5.74) is 3.43. The number of benzene rings is 1. The van der Waals surface area contributed by atoms with Gasteiger partial charge in [-0.25, -0.2) is 9.97 Å². The zero-order valence-electron chi connectivity index (χ0n) is 16.1. The average molecular weight is 387 g/mol. The third kappa shape index (κ3) is 3.40. The molecule has 1 aliphatic rings. The Morgan fingerprint density at radius 2 is 2.03 bits per heavy atom. The smallest absolute Gasteiger partial charge is 0.293 e. The van der Waals surface area contributed by atoms with Gasteiger partial charge in [-0.1, -0.05) is 18.2 Å². The number of anilines is 1. The molecular formula is C22H21N5O2. The SMILES string of the molecule is CN1CCCC1c1cn2cc(NC(=O)c3cnc(-c4ccccc4)o3)ccc2n1. The van der Waals surface area contributed by atoms with Crippen molar-refractivity contribution in [3.05, 3.63) is 72.5 Å². The number of amides is 1. The molecule has 5 rings (SSSR count). The summed E-state index contributed by atoms with van der Waals surface area (Å²) in [7, 11) is 2.13. The number of carbonyl (C=O) groups excluding carboxylic acids is 1. The zero-order valence-corrected chi connectivity index (χ0v) is 16.1. The standard InChI is InChI=1S/C22H21N5O2/c1-26-11-5-8-18(26)17-14-27-13-16(9-10-20(27)25-17)24-21(28)19-12-23-22(29-19)15-6-3-2-4-7-15/h2-4,6-7,9-10,12-14,18H,5,8,11H2,1H3,(H,24,28). The van der Waals surface area contributed by atoms with Crippen LogP contribution in [-0.2, 0) is 0 Å². The largest absolute Gasteiger partial charge is 0.431 e. The number of carbonyl (C=O) groups is 1. The van der Waals surface area contributed by atoms with Crippen LogP contribution in [0.1, 0.15) is 35.1 Å². The number of nitrogens with one attached hydrogen (secondary N) is 1. The molecule has 0 saturated carbocycles. The number of hydrogen-bond acceptors (Lipinski definition) is 5. The third-order valence-electron chi connectivity index (χ3n) is 5.34. The first-order valence-corrected chi connectivity index (χ1v) is 9.69. The number of oxazole rings is 1. The number of aromatic nitrogens is 3. The van der Waals surface area contributed by atoms with E-state index in [1.165, 1.54) is 12.6 Å². The van der Waals surface area contributed by atoms with E-state index in [1.807, 2.05) is 59.3 Å². The number of imidazole rings is 1. The van der Waals surface area contributed by atoms with Gasteiger partial charge in [-0.05, 0) is 50.7 Å². The first-order chi connectivity index (χ1) is 14.2. The molecule has 1 aliphatic heterocycles. The minimum atomic E-state index is -0.338. The lowest BCUT2D eigenvalue weighted by molar-refractivity contribution is 0.0997. The summed E-state index contributed by atoms with van der Waals surface area (Å²) < 4.78 is 7.58. The van der Waals surface area contributed by atoms with Gasteiger partial charge in [0, 0.05) is 18.0 Å². The number of pyridine rings is 1. The molecule has 1 saturated heterocycles. The van der Waals surface area contributed by atoms with Crippen LogP contribution >= 0.6 is 0 Å². The number of likely N-dealkylation sites (tertiary alicyclic amines) is 1. The van der Waals surface area contributed by atoms with Crippen molar-refractivity contribution < 1.29 is 9.21 Å². The molecule has 29 heavy (non-hydrogen) atoms. The maximum absolute atomic E-state index is 12.6. The molecule has 1 unspecified atom stereocenters. The minimum Gasteiger partial charge on any atom is -0.431 e. The molecule has 7 nitrogen and oxygen atoms in total. The van der Waals surface area contributed by atoms with E-state index in [0.29, 0.717) is 17.6 Å². The molecule has 0 bridgehead atoms. The third-order valence-corrected chi connectivity index (χ3v) is 5.34. The fraction of sp³-hybridized carbons (Fsp3) is 0.227. The quantitative estimate of drug-likeness (QED) is 0.573. The van der Waals surface area contributed by atoms with Crippen molar-refractivity contribution in [2.45, 2.75) is 18.9 Å². The maximum atomic E-state index is 12.6. The Hall–Kier alpha value is -3.45. The summed E-state index contributed by atoms with van der Waals surface area (Å²) >= 11 is 0. The van der Waals surface area contributed by atoms with Crippen molar-refractivity contribution in [1.82, 2.24) is 19.3 Å². The number of nitrogens with zero attached hydrogens (tertiary/aromatic N) is 4. The van der Waals surface area contributed by atoms with E-state index in [4.69, 9.17) is 9.40 Å². The lowest BCUT2D eigenvalue weighted by atomic mass is 10.2. The summed E-state index contributed by atoms with van der Waals surface area (Å²) in [5, 5.41) is 2.87. The molecule has 1 fully saturated rings. The normalized spacial score (nSPS) is 17.1. The van der Waals surface area contributed by atoms with Crippen molar-refractivity contribution in [2.24, 2.45) is 0 Å². The number of fused-ring (bicyclic) bond motifs is 1. The Morgan fingerprint density at radius 1 is 1.17 bits per heavy atom. The number of hydrogen-bond donors (Lipinski definition) is 1. The molecule has 4 heterocycles. The Morgan fingerprint density at radius 3 is 2.83 bits per heavy atom. The van der Waals surface area contributed by atoms with Crippen LogP contribution in [0.2, 0.25) is 0 Å². The predicted molar refractivity (Wildman–Crippen MR) is 110 cm³/mol. The van der Waals surface area contributed by atoms with Crippen molar-refractivity contribution in [1.29, 1.82) is 0 Å². The highest BCUT2D eigenvalue weighted by atomic mass is 16.4. The van der Waals surface area contributed by atoms with Crippen molar-refractivity contribution in [2.75, 3.05) is 18.9 Å². The van der Waals surface area contributed by atoms with Crippen LogP contribution < -0.4 is 5.32 Å². The van der Waals surface area contributed by atoms with Crippen molar-refractivity contribution >= 4 is 17.2 Å². The monoisotopic (exact) mass is 387 g/mol. The van der Waals surface area contributed by atoms with Crippen LogP contribution in [0.3, 0.4) is 0 Å². The Bertz CT molecular complexity index is 1160. The van der Waals surface area contributed by atoms with Crippen LogP contribution in [0.25, 0.3) is 17.1 Å². The van der Waals surface area contributed by atoms with Gasteiger partial charge < -0.3 is 14.1 Å². The van der Waals surface area contributed by atoms with Crippen LogP contribution in [0, 0.1) is 0 Å². The molecule has 1 amide bonds. The molecule has 1 aromatic carbocycles. The Kier molecular flexibility index (Phi) is 4.37. The van der Waals surface area contributed by atoms with Gasteiger partial charge in [0.25, 0.3) is 5.91 Å². The second-order valence-corrected chi connectivity index (χ2v) is 7.34. The first-order valence-electron chi connectivity index (χ1n) is 9.69. The van der Waals surface area contributed by atoms with Gasteiger partial charge in [-0.15, -0.1) is 0 Å². The molecule has 1 N–H and O–H groups in total. The Labute approximate surface area is 168 Å². The average Bonchev–Trinajstić information content (AvgIpc) is 3.47. The fourth-order valence-corrected chi connectivity index (χ4v) is 3.82. The van der Waals surface area contributed by atoms with Gasteiger partial charge in [0.15, 0.2) is 0 Å². The highest BCUT2D eigenvalue weighted by Gasteiger charge is 2.25. The summed E-state index contributed by atoms with van der Waals surface area (Å²) in [4.78, 5) is 23.9. The predicted octanol–water partition coefficient (Wildman–Crippen LogP) is 4.01. The molecule has 7 heteroatoms. The summed E-state index contributed by atoms with van der Waals surface area (Å²) in [6, 6.07) is 13.6. The first kappa shape index (κ1) is 17.6. The zero-order chi connectivity index (χ0) is 19.8. The van der Waals surface area contributed by atoms with E-state index in [-0.39, 0.29) is 11.7 Å². The molecule has 0 aliphatic carbocycles. The lowest BCUT2D eigenvalue weighted by Gasteiger charge is -2.16. The maximum Gasteiger partial charge on any atom is 0.293 e. The van der Waals surface area contributed by atoms with Gasteiger partial charge in [0.2, 0.25) is 11.7 Å². The van der Waals surface area contributed by atoms with E-state index in [2.05, 4.69) is 22.2 Å². The van der Waals surface area contributed by atoms with E-state index >= 15 is 0 Å². The van der Waals surface area contributed by atoms with Gasteiger partial charge in [0.05, 0.1) is 23.6 Å². The lowest BCUT2D eigenvalue weighted by Crippen LogP contribution is -2.17. The van der Waals surface area contributed by atoms with Crippen LogP contribution in [0.4, 0.5) is 5.69 Å². The second-order valence-electron chi connectivity index (χ2n) is 7.34. The highest BCUT2D eigenvalue weighted by Crippen LogP contribution is 2.30. The van der Waals surface area contributed by atoms with Crippen LogP contribution in [0.5, 0.6) is 0 Å². The van der Waals surface area contributed by atoms with E-state index in [9.17, 15) is 4.79 Å². The number of rotatable bonds is 4.